The highest BCUT2D eigenvalue weighted by molar-refractivity contribution is 5.91. The van der Waals surface area contributed by atoms with Gasteiger partial charge in [0, 0.05) is 24.2 Å². The minimum atomic E-state index is 0.239. The quantitative estimate of drug-likeness (QED) is 0.798. The van der Waals surface area contributed by atoms with Crippen molar-refractivity contribution in [3.05, 3.63) is 36.5 Å². The molecule has 2 aromatic rings. The Morgan fingerprint density at radius 2 is 2.13 bits per heavy atom. The van der Waals surface area contributed by atoms with Crippen molar-refractivity contribution in [1.82, 2.24) is 4.98 Å². The first-order valence-electron chi connectivity index (χ1n) is 5.11. The molecule has 0 aliphatic heterocycles. The molecular formula is C12H15N3. The predicted molar refractivity (Wildman–Crippen MR) is 63.9 cm³/mol. The molecule has 3 heteroatoms. The molecule has 0 aliphatic carbocycles. The molecule has 3 nitrogen and oxygen atoms in total. The zero-order chi connectivity index (χ0) is 10.7. The molecule has 1 atom stereocenters. The molecule has 78 valence electrons. The Morgan fingerprint density at radius 3 is 2.93 bits per heavy atom. The highest BCUT2D eigenvalue weighted by atomic mass is 15.0. The van der Waals surface area contributed by atoms with E-state index in [-0.39, 0.29) is 6.04 Å². The van der Waals surface area contributed by atoms with Crippen LogP contribution in [-0.2, 0) is 0 Å². The smallest absolute Gasteiger partial charge is 0.134 e. The van der Waals surface area contributed by atoms with Crippen LogP contribution in [-0.4, -0.2) is 17.6 Å². The highest BCUT2D eigenvalue weighted by Crippen LogP contribution is 2.20. The van der Waals surface area contributed by atoms with Crippen LogP contribution in [0.1, 0.15) is 6.92 Å². The number of anilines is 1. The molecule has 3 N–H and O–H groups in total. The molecule has 0 saturated heterocycles. The highest BCUT2D eigenvalue weighted by Gasteiger charge is 2.03. The minimum absolute atomic E-state index is 0.239. The van der Waals surface area contributed by atoms with Crippen molar-refractivity contribution in [2.24, 2.45) is 5.73 Å². The lowest BCUT2D eigenvalue weighted by molar-refractivity contribution is 0.800. The van der Waals surface area contributed by atoms with Crippen molar-refractivity contribution in [2.45, 2.75) is 13.0 Å². The van der Waals surface area contributed by atoms with Crippen LogP contribution in [0.25, 0.3) is 10.8 Å². The summed E-state index contributed by atoms with van der Waals surface area (Å²) >= 11 is 0. The molecule has 15 heavy (non-hydrogen) atoms. The first-order chi connectivity index (χ1) is 7.31. The van der Waals surface area contributed by atoms with Crippen LogP contribution in [0.3, 0.4) is 0 Å². The molecule has 0 saturated carbocycles. The van der Waals surface area contributed by atoms with E-state index in [1.807, 2.05) is 31.3 Å². The monoisotopic (exact) mass is 201 g/mol. The van der Waals surface area contributed by atoms with Crippen molar-refractivity contribution >= 4 is 16.6 Å². The molecule has 0 amide bonds. The Labute approximate surface area is 89.3 Å². The Bertz CT molecular complexity index is 448. The van der Waals surface area contributed by atoms with Gasteiger partial charge in [-0.05, 0) is 18.4 Å². The number of rotatable bonds is 3. The molecule has 1 heterocycles. The zero-order valence-electron chi connectivity index (χ0n) is 8.77. The van der Waals surface area contributed by atoms with Crippen molar-refractivity contribution in [3.8, 4) is 0 Å². The third-order valence-electron chi connectivity index (χ3n) is 2.41. The van der Waals surface area contributed by atoms with E-state index in [0.29, 0.717) is 6.54 Å². The summed E-state index contributed by atoms with van der Waals surface area (Å²) in [6.45, 7) is 2.65. The molecule has 0 aliphatic rings. The fourth-order valence-electron chi connectivity index (χ4n) is 1.53. The Morgan fingerprint density at radius 1 is 1.33 bits per heavy atom. The first-order valence-corrected chi connectivity index (χ1v) is 5.11. The second-order valence-electron chi connectivity index (χ2n) is 3.66. The number of aromatic nitrogens is 1. The van der Waals surface area contributed by atoms with Crippen LogP contribution in [0, 0.1) is 0 Å². The van der Waals surface area contributed by atoms with Gasteiger partial charge in [-0.25, -0.2) is 4.98 Å². The molecule has 0 spiro atoms. The minimum Gasteiger partial charge on any atom is -0.366 e. The maximum absolute atomic E-state index is 5.57. The first kappa shape index (κ1) is 9.93. The van der Waals surface area contributed by atoms with Gasteiger partial charge in [0.05, 0.1) is 0 Å². The third-order valence-corrected chi connectivity index (χ3v) is 2.41. The average molecular weight is 201 g/mol. The number of fused-ring (bicyclic) bond motifs is 1. The second-order valence-corrected chi connectivity index (χ2v) is 3.66. The van der Waals surface area contributed by atoms with Crippen LogP contribution in [0.5, 0.6) is 0 Å². The van der Waals surface area contributed by atoms with E-state index >= 15 is 0 Å². The van der Waals surface area contributed by atoms with Crippen LogP contribution >= 0.6 is 0 Å². The number of hydrogen-bond donors (Lipinski definition) is 2. The topological polar surface area (TPSA) is 50.9 Å². The van der Waals surface area contributed by atoms with E-state index in [0.717, 1.165) is 11.2 Å². The van der Waals surface area contributed by atoms with E-state index in [9.17, 15) is 0 Å². The van der Waals surface area contributed by atoms with E-state index in [2.05, 4.69) is 22.4 Å². The number of hydrogen-bond acceptors (Lipinski definition) is 3. The standard InChI is InChI=1S/C12H15N3/c1-9(8-13)15-12-11-5-3-2-4-10(11)6-7-14-12/h2-7,9H,8,13H2,1H3,(H,14,15). The maximum Gasteiger partial charge on any atom is 0.134 e. The summed E-state index contributed by atoms with van der Waals surface area (Å²) in [5.74, 6) is 0.908. The molecular weight excluding hydrogens is 186 g/mol. The van der Waals surface area contributed by atoms with Crippen LogP contribution in [0.4, 0.5) is 5.82 Å². The van der Waals surface area contributed by atoms with E-state index < -0.39 is 0 Å². The molecule has 2 rings (SSSR count). The third kappa shape index (κ3) is 2.07. The molecule has 1 aromatic heterocycles. The summed E-state index contributed by atoms with van der Waals surface area (Å²) in [4.78, 5) is 4.33. The van der Waals surface area contributed by atoms with Crippen LogP contribution < -0.4 is 11.1 Å². The number of nitrogens with two attached hydrogens (primary N) is 1. The lowest BCUT2D eigenvalue weighted by Gasteiger charge is -2.13. The van der Waals surface area contributed by atoms with Crippen molar-refractivity contribution < 1.29 is 0 Å². The van der Waals surface area contributed by atoms with Gasteiger partial charge in [0.2, 0.25) is 0 Å². The second kappa shape index (κ2) is 4.28. The molecule has 0 fully saturated rings. The molecule has 0 radical (unpaired) electrons. The van der Waals surface area contributed by atoms with E-state index in [1.165, 1.54) is 5.39 Å². The zero-order valence-corrected chi connectivity index (χ0v) is 8.77. The fourth-order valence-corrected chi connectivity index (χ4v) is 1.53. The summed E-state index contributed by atoms with van der Waals surface area (Å²) in [5.41, 5.74) is 5.57. The van der Waals surface area contributed by atoms with Crippen LogP contribution in [0.2, 0.25) is 0 Å². The Balaban J connectivity index is 2.42. The Kier molecular flexibility index (Phi) is 2.83. The van der Waals surface area contributed by atoms with Crippen molar-refractivity contribution in [3.63, 3.8) is 0 Å². The largest absolute Gasteiger partial charge is 0.366 e. The van der Waals surface area contributed by atoms with Gasteiger partial charge in [-0.15, -0.1) is 0 Å². The average Bonchev–Trinajstić information content (AvgIpc) is 2.29. The van der Waals surface area contributed by atoms with Gasteiger partial charge in [-0.3, -0.25) is 0 Å². The lowest BCUT2D eigenvalue weighted by atomic mass is 10.1. The molecule has 0 bridgehead atoms. The van der Waals surface area contributed by atoms with Gasteiger partial charge in [-0.1, -0.05) is 24.3 Å². The lowest BCUT2D eigenvalue weighted by Crippen LogP contribution is -2.25. The van der Waals surface area contributed by atoms with Crippen molar-refractivity contribution in [1.29, 1.82) is 0 Å². The maximum atomic E-state index is 5.57. The predicted octanol–water partition coefficient (Wildman–Crippen LogP) is 1.99. The number of nitrogens with zero attached hydrogens (tertiary/aromatic N) is 1. The summed E-state index contributed by atoms with van der Waals surface area (Å²) in [6.07, 6.45) is 1.81. The van der Waals surface area contributed by atoms with E-state index in [4.69, 9.17) is 5.73 Å². The van der Waals surface area contributed by atoms with Gasteiger partial charge in [-0.2, -0.15) is 0 Å². The summed E-state index contributed by atoms with van der Waals surface area (Å²) in [6, 6.07) is 10.4. The van der Waals surface area contributed by atoms with E-state index in [1.54, 1.807) is 0 Å². The van der Waals surface area contributed by atoms with Gasteiger partial charge < -0.3 is 11.1 Å². The van der Waals surface area contributed by atoms with Gasteiger partial charge in [0.1, 0.15) is 5.82 Å². The fraction of sp³-hybridized carbons (Fsp3) is 0.250. The SMILES string of the molecule is CC(CN)Nc1nccc2ccccc12. The normalized spacial score (nSPS) is 12.7. The number of benzene rings is 1. The summed E-state index contributed by atoms with van der Waals surface area (Å²) in [7, 11) is 0. The van der Waals surface area contributed by atoms with Gasteiger partial charge in [0.25, 0.3) is 0 Å². The summed E-state index contributed by atoms with van der Waals surface area (Å²) in [5, 5.41) is 5.63. The van der Waals surface area contributed by atoms with Gasteiger partial charge in [0.15, 0.2) is 0 Å². The van der Waals surface area contributed by atoms with Crippen molar-refractivity contribution in [2.75, 3.05) is 11.9 Å². The molecule has 1 aromatic carbocycles. The summed E-state index contributed by atoms with van der Waals surface area (Å²) < 4.78 is 0. The Hall–Kier alpha value is -1.61. The number of pyridine rings is 1. The van der Waals surface area contributed by atoms with Crippen LogP contribution in [0.15, 0.2) is 36.5 Å². The molecule has 1 unspecified atom stereocenters. The number of nitrogens with one attached hydrogen (secondary N) is 1. The van der Waals surface area contributed by atoms with Gasteiger partial charge >= 0.3 is 0 Å².